The molecule has 0 bridgehead atoms. The third-order valence-electron chi connectivity index (χ3n) is 2.13. The Labute approximate surface area is 107 Å². The van der Waals surface area contributed by atoms with Gasteiger partial charge in [0.25, 0.3) is 0 Å². The lowest BCUT2D eigenvalue weighted by molar-refractivity contribution is -0.137. The number of carbonyl (C=O) groups is 3. The van der Waals surface area contributed by atoms with E-state index in [0.717, 1.165) is 6.07 Å². The number of aliphatic carboxylic acids is 1. The summed E-state index contributed by atoms with van der Waals surface area (Å²) in [5, 5.41) is 12.9. The highest BCUT2D eigenvalue weighted by Gasteiger charge is 2.08. The summed E-state index contributed by atoms with van der Waals surface area (Å²) in [6, 6.07) is 3.52. The number of benzene rings is 1. The van der Waals surface area contributed by atoms with Crippen LogP contribution in [0.2, 0.25) is 0 Å². The molecule has 0 fully saturated rings. The maximum atomic E-state index is 13.5. The summed E-state index contributed by atoms with van der Waals surface area (Å²) in [6.45, 7) is -0.802. The lowest BCUT2D eigenvalue weighted by Crippen LogP contribution is -2.34. The van der Waals surface area contributed by atoms with E-state index < -0.39 is 30.1 Å². The monoisotopic (exact) mass is 269 g/mol. The van der Waals surface area contributed by atoms with Crippen LogP contribution in [0.5, 0.6) is 0 Å². The summed E-state index contributed by atoms with van der Waals surface area (Å²) in [5.41, 5.74) is 5.00. The number of carboxylic acids is 1. The molecular weight excluding hydrogens is 257 g/mol. The van der Waals surface area contributed by atoms with Crippen LogP contribution < -0.4 is 16.4 Å². The number of amides is 2. The fourth-order valence-corrected chi connectivity index (χ4v) is 1.22. The van der Waals surface area contributed by atoms with Gasteiger partial charge in [0, 0.05) is 5.56 Å². The summed E-state index contributed by atoms with van der Waals surface area (Å²) in [4.78, 5) is 32.2. The number of anilines is 1. The lowest BCUT2D eigenvalue weighted by Gasteiger charge is -2.08. The molecule has 0 saturated heterocycles. The Balaban J connectivity index is 2.56. The van der Waals surface area contributed by atoms with Crippen LogP contribution >= 0.6 is 0 Å². The molecule has 0 aliphatic carbocycles. The molecule has 1 aromatic rings. The quantitative estimate of drug-likeness (QED) is 0.556. The van der Waals surface area contributed by atoms with Crippen molar-refractivity contribution in [3.05, 3.63) is 29.6 Å². The predicted molar refractivity (Wildman–Crippen MR) is 64.1 cm³/mol. The van der Waals surface area contributed by atoms with Gasteiger partial charge in [0.2, 0.25) is 11.8 Å². The first-order valence-corrected chi connectivity index (χ1v) is 5.22. The number of halogens is 1. The summed E-state index contributed by atoms with van der Waals surface area (Å²) in [5.74, 6) is -3.27. The van der Waals surface area contributed by atoms with Gasteiger partial charge in [-0.25, -0.2) is 4.39 Å². The number of hydrogen-bond acceptors (Lipinski definition) is 4. The molecule has 7 nitrogen and oxygen atoms in total. The first-order valence-electron chi connectivity index (χ1n) is 5.22. The second-order valence-electron chi connectivity index (χ2n) is 3.58. The van der Waals surface area contributed by atoms with E-state index in [9.17, 15) is 18.8 Å². The van der Waals surface area contributed by atoms with Crippen molar-refractivity contribution in [3.63, 3.8) is 0 Å². The Bertz CT molecular complexity index is 519. The average Bonchev–Trinajstić information content (AvgIpc) is 2.34. The Kier molecular flexibility index (Phi) is 4.81. The zero-order valence-electron chi connectivity index (χ0n) is 9.77. The van der Waals surface area contributed by atoms with Crippen LogP contribution in [0, 0.1) is 5.82 Å². The summed E-state index contributed by atoms with van der Waals surface area (Å²) >= 11 is 0. The van der Waals surface area contributed by atoms with Gasteiger partial charge in [0.1, 0.15) is 12.4 Å². The first-order chi connectivity index (χ1) is 8.90. The third kappa shape index (κ3) is 4.62. The highest BCUT2D eigenvalue weighted by Crippen LogP contribution is 2.15. The number of carboxylic acid groups (broad SMARTS) is 1. The van der Waals surface area contributed by atoms with E-state index in [-0.39, 0.29) is 17.8 Å². The van der Waals surface area contributed by atoms with Crippen molar-refractivity contribution in [2.45, 2.75) is 0 Å². The number of primary amides is 1. The zero-order valence-corrected chi connectivity index (χ0v) is 9.77. The zero-order chi connectivity index (χ0) is 14.4. The molecule has 0 atom stereocenters. The molecule has 0 unspecified atom stereocenters. The third-order valence-corrected chi connectivity index (χ3v) is 2.13. The highest BCUT2D eigenvalue weighted by molar-refractivity contribution is 5.93. The Morgan fingerprint density at radius 3 is 2.47 bits per heavy atom. The Hall–Kier alpha value is -2.64. The van der Waals surface area contributed by atoms with Gasteiger partial charge in [-0.3, -0.25) is 14.4 Å². The molecule has 0 saturated carbocycles. The molecule has 0 heterocycles. The standard InChI is InChI=1S/C11H12FN3O4/c12-7-3-6(11(13)19)1-2-8(7)14-4-9(16)15-5-10(17)18/h1-3,14H,4-5H2,(H2,13,19)(H,15,16)(H,17,18). The van der Waals surface area contributed by atoms with Crippen molar-refractivity contribution in [2.24, 2.45) is 5.73 Å². The van der Waals surface area contributed by atoms with E-state index in [1.54, 1.807) is 0 Å². The molecule has 102 valence electrons. The molecule has 1 rings (SSSR count). The van der Waals surface area contributed by atoms with E-state index in [1.165, 1.54) is 12.1 Å². The molecule has 0 aliphatic rings. The van der Waals surface area contributed by atoms with E-state index in [1.807, 2.05) is 0 Å². The van der Waals surface area contributed by atoms with Crippen molar-refractivity contribution in [2.75, 3.05) is 18.4 Å². The Morgan fingerprint density at radius 2 is 1.95 bits per heavy atom. The minimum atomic E-state index is -1.18. The highest BCUT2D eigenvalue weighted by atomic mass is 19.1. The van der Waals surface area contributed by atoms with Crippen molar-refractivity contribution >= 4 is 23.5 Å². The Morgan fingerprint density at radius 1 is 1.26 bits per heavy atom. The molecular formula is C11H12FN3O4. The van der Waals surface area contributed by atoms with E-state index in [2.05, 4.69) is 10.6 Å². The number of nitrogens with two attached hydrogens (primary N) is 1. The van der Waals surface area contributed by atoms with Gasteiger partial charge in [-0.2, -0.15) is 0 Å². The maximum Gasteiger partial charge on any atom is 0.322 e. The van der Waals surface area contributed by atoms with Crippen LogP contribution in [0.4, 0.5) is 10.1 Å². The normalized spacial score (nSPS) is 9.74. The minimum Gasteiger partial charge on any atom is -0.480 e. The number of nitrogens with one attached hydrogen (secondary N) is 2. The van der Waals surface area contributed by atoms with Gasteiger partial charge in [0.05, 0.1) is 12.2 Å². The summed E-state index contributed by atoms with van der Waals surface area (Å²) in [6.07, 6.45) is 0. The van der Waals surface area contributed by atoms with Crippen LogP contribution in [0.15, 0.2) is 18.2 Å². The van der Waals surface area contributed by atoms with Crippen LogP contribution in [0.25, 0.3) is 0 Å². The van der Waals surface area contributed by atoms with Gasteiger partial charge < -0.3 is 21.5 Å². The van der Waals surface area contributed by atoms with E-state index in [0.29, 0.717) is 0 Å². The van der Waals surface area contributed by atoms with Crippen LogP contribution in [-0.4, -0.2) is 36.0 Å². The van der Waals surface area contributed by atoms with Crippen molar-refractivity contribution in [1.82, 2.24) is 5.32 Å². The van der Waals surface area contributed by atoms with Gasteiger partial charge in [-0.1, -0.05) is 0 Å². The fraction of sp³-hybridized carbons (Fsp3) is 0.182. The van der Waals surface area contributed by atoms with E-state index in [4.69, 9.17) is 10.8 Å². The van der Waals surface area contributed by atoms with Gasteiger partial charge in [-0.15, -0.1) is 0 Å². The lowest BCUT2D eigenvalue weighted by atomic mass is 10.2. The number of hydrogen-bond donors (Lipinski definition) is 4. The first kappa shape index (κ1) is 14.4. The second-order valence-corrected chi connectivity index (χ2v) is 3.58. The van der Waals surface area contributed by atoms with E-state index >= 15 is 0 Å². The topological polar surface area (TPSA) is 122 Å². The minimum absolute atomic E-state index is 0.00970. The number of carbonyl (C=O) groups excluding carboxylic acids is 2. The molecule has 0 aliphatic heterocycles. The van der Waals surface area contributed by atoms with Crippen LogP contribution in [0.3, 0.4) is 0 Å². The summed E-state index contributed by atoms with van der Waals surface area (Å²) < 4.78 is 13.5. The second kappa shape index (κ2) is 6.34. The fourth-order valence-electron chi connectivity index (χ4n) is 1.22. The van der Waals surface area contributed by atoms with Crippen molar-refractivity contribution in [1.29, 1.82) is 0 Å². The van der Waals surface area contributed by atoms with Crippen molar-refractivity contribution in [3.8, 4) is 0 Å². The van der Waals surface area contributed by atoms with Crippen LogP contribution in [-0.2, 0) is 9.59 Å². The van der Waals surface area contributed by atoms with Gasteiger partial charge >= 0.3 is 5.97 Å². The van der Waals surface area contributed by atoms with Gasteiger partial charge in [0.15, 0.2) is 0 Å². The van der Waals surface area contributed by atoms with Gasteiger partial charge in [-0.05, 0) is 18.2 Å². The molecule has 2 amide bonds. The molecule has 0 aromatic heterocycles. The average molecular weight is 269 g/mol. The molecule has 8 heteroatoms. The molecule has 19 heavy (non-hydrogen) atoms. The van der Waals surface area contributed by atoms with Crippen LogP contribution in [0.1, 0.15) is 10.4 Å². The smallest absolute Gasteiger partial charge is 0.322 e. The largest absolute Gasteiger partial charge is 0.480 e. The molecule has 1 aromatic carbocycles. The predicted octanol–water partition coefficient (Wildman–Crippen LogP) is -0.463. The molecule has 0 radical (unpaired) electrons. The molecule has 0 spiro atoms. The maximum absolute atomic E-state index is 13.5. The van der Waals surface area contributed by atoms with Crippen molar-refractivity contribution < 1.29 is 23.9 Å². The number of rotatable bonds is 6. The SMILES string of the molecule is NC(=O)c1ccc(NCC(=O)NCC(=O)O)c(F)c1. The molecule has 5 N–H and O–H groups in total. The summed E-state index contributed by atoms with van der Waals surface area (Å²) in [7, 11) is 0.